The number of hydrogen-bond donors (Lipinski definition) is 1. The number of aromatic nitrogens is 3. The molecule has 0 spiro atoms. The normalized spacial score (nSPS) is 12.8. The molecular weight excluding hydrogens is 520 g/mol. The summed E-state index contributed by atoms with van der Waals surface area (Å²) >= 11 is 5.87. The van der Waals surface area contributed by atoms with Crippen molar-refractivity contribution in [1.29, 1.82) is 0 Å². The fourth-order valence-electron chi connectivity index (χ4n) is 4.15. The molecule has 0 aliphatic heterocycles. The highest BCUT2D eigenvalue weighted by Gasteiger charge is 2.24. The van der Waals surface area contributed by atoms with Gasteiger partial charge in [-0.1, -0.05) is 11.6 Å². The molecule has 4 aromatic heterocycles. The molecule has 190 valence electrons. The van der Waals surface area contributed by atoms with Crippen molar-refractivity contribution in [2.45, 2.75) is 38.8 Å². The predicted molar refractivity (Wildman–Crippen MR) is 137 cm³/mol. The van der Waals surface area contributed by atoms with E-state index in [1.807, 2.05) is 6.92 Å². The van der Waals surface area contributed by atoms with Crippen LogP contribution in [0.1, 0.15) is 35.6 Å². The molecule has 5 rings (SSSR count). The summed E-state index contributed by atoms with van der Waals surface area (Å²) in [6.45, 7) is 6.93. The number of halogens is 1. The Bertz CT molecular complexity index is 1880. The van der Waals surface area contributed by atoms with Crippen LogP contribution in [0.2, 0.25) is 5.15 Å². The van der Waals surface area contributed by atoms with Crippen LogP contribution >= 0.6 is 11.6 Å². The fraction of sp³-hybridized carbons (Fsp3) is 0.200. The number of benzene rings is 1. The van der Waals surface area contributed by atoms with E-state index < -0.39 is 21.2 Å². The molecule has 0 aliphatic carbocycles. The Hall–Kier alpha value is -3.80. The molecule has 0 fully saturated rings. The molecule has 0 amide bonds. The molecule has 5 aromatic rings. The van der Waals surface area contributed by atoms with Gasteiger partial charge in [-0.25, -0.2) is 23.5 Å². The second-order valence-electron chi connectivity index (χ2n) is 8.64. The van der Waals surface area contributed by atoms with Gasteiger partial charge in [-0.05, 0) is 56.7 Å². The van der Waals surface area contributed by atoms with Gasteiger partial charge >= 0.3 is 0 Å². The third-order valence-corrected chi connectivity index (χ3v) is 6.85. The van der Waals surface area contributed by atoms with E-state index in [1.54, 1.807) is 45.2 Å². The van der Waals surface area contributed by atoms with Crippen LogP contribution in [0.3, 0.4) is 0 Å². The smallest absolute Gasteiger partial charge is 0.259 e. The zero-order valence-electron chi connectivity index (χ0n) is 20.2. The lowest BCUT2D eigenvalue weighted by molar-refractivity contribution is 0.219. The van der Waals surface area contributed by atoms with E-state index in [2.05, 4.69) is 15.0 Å². The monoisotopic (exact) mass is 540 g/mol. The summed E-state index contributed by atoms with van der Waals surface area (Å²) in [5.41, 5.74) is 3.22. The fourth-order valence-corrected chi connectivity index (χ4v) is 4.97. The van der Waals surface area contributed by atoms with E-state index in [9.17, 15) is 13.2 Å². The lowest BCUT2D eigenvalue weighted by Gasteiger charge is -2.19. The molecule has 0 saturated carbocycles. The first kappa shape index (κ1) is 24.9. The molecule has 12 heteroatoms. The second-order valence-corrected chi connectivity index (χ2v) is 10.5. The summed E-state index contributed by atoms with van der Waals surface area (Å²) in [5, 5.41) is 5.12. The minimum absolute atomic E-state index is 0.0522. The summed E-state index contributed by atoms with van der Waals surface area (Å²) in [6.07, 6.45) is 0.801. The maximum absolute atomic E-state index is 13.4. The molecule has 4 heterocycles. The van der Waals surface area contributed by atoms with E-state index >= 15 is 0 Å². The number of hydrogen-bond acceptors (Lipinski definition) is 9. The van der Waals surface area contributed by atoms with E-state index in [-0.39, 0.29) is 21.9 Å². The van der Waals surface area contributed by atoms with Gasteiger partial charge < -0.3 is 13.6 Å². The Kier molecular flexibility index (Phi) is 6.01. The highest BCUT2D eigenvalue weighted by Crippen LogP contribution is 2.34. The summed E-state index contributed by atoms with van der Waals surface area (Å²) in [6, 6.07) is 8.01. The van der Waals surface area contributed by atoms with E-state index in [4.69, 9.17) is 30.3 Å². The first-order valence-electron chi connectivity index (χ1n) is 11.1. The molecule has 10 nitrogen and oxygen atoms in total. The third kappa shape index (κ3) is 4.57. The number of pyridine rings is 2. The van der Waals surface area contributed by atoms with Crippen molar-refractivity contribution in [3.8, 4) is 17.1 Å². The minimum atomic E-state index is -4.22. The van der Waals surface area contributed by atoms with Gasteiger partial charge in [0.05, 0.1) is 5.39 Å². The van der Waals surface area contributed by atoms with Crippen LogP contribution < -0.4 is 15.3 Å². The average molecular weight is 541 g/mol. The van der Waals surface area contributed by atoms with Crippen LogP contribution in [0.15, 0.2) is 55.2 Å². The Balaban J connectivity index is 1.68. The van der Waals surface area contributed by atoms with Crippen LogP contribution in [0, 0.1) is 20.8 Å². The zero-order chi connectivity index (χ0) is 26.6. The first-order chi connectivity index (χ1) is 17.4. The van der Waals surface area contributed by atoms with Crippen LogP contribution in [0.5, 0.6) is 5.75 Å². The summed E-state index contributed by atoms with van der Waals surface area (Å²) < 4.78 is 42.0. The summed E-state index contributed by atoms with van der Waals surface area (Å²) in [4.78, 5) is 25.8. The van der Waals surface area contributed by atoms with Gasteiger partial charge in [-0.15, -0.1) is 0 Å². The van der Waals surface area contributed by atoms with Gasteiger partial charge in [0.1, 0.15) is 22.6 Å². The van der Waals surface area contributed by atoms with Crippen LogP contribution in [0.25, 0.3) is 33.5 Å². The Morgan fingerprint density at radius 1 is 1.08 bits per heavy atom. The van der Waals surface area contributed by atoms with E-state index in [0.717, 1.165) is 5.56 Å². The topological polar surface area (TPSA) is 151 Å². The van der Waals surface area contributed by atoms with Crippen LogP contribution in [0.4, 0.5) is 0 Å². The maximum atomic E-state index is 13.4. The van der Waals surface area contributed by atoms with Gasteiger partial charge in [0.2, 0.25) is 5.03 Å². The van der Waals surface area contributed by atoms with Gasteiger partial charge in [0, 0.05) is 29.8 Å². The van der Waals surface area contributed by atoms with Gasteiger partial charge in [0.15, 0.2) is 28.3 Å². The zero-order valence-corrected chi connectivity index (χ0v) is 21.8. The number of oxazole rings is 1. The lowest BCUT2D eigenvalue weighted by atomic mass is 10.0. The van der Waals surface area contributed by atoms with Crippen LogP contribution in [-0.2, 0) is 10.0 Å². The molecule has 0 unspecified atom stereocenters. The highest BCUT2D eigenvalue weighted by atomic mass is 35.5. The number of sulfonamides is 1. The van der Waals surface area contributed by atoms with Gasteiger partial charge in [-0.2, -0.15) is 4.98 Å². The number of nitrogens with two attached hydrogens (primary N) is 1. The Morgan fingerprint density at radius 2 is 1.84 bits per heavy atom. The first-order valence-corrected chi connectivity index (χ1v) is 13.0. The molecule has 1 atom stereocenters. The number of fused-ring (bicyclic) bond motifs is 2. The number of aryl methyl sites for hydroxylation is 2. The molecule has 0 radical (unpaired) electrons. The van der Waals surface area contributed by atoms with Crippen molar-refractivity contribution in [3.63, 3.8) is 0 Å². The quantitative estimate of drug-likeness (QED) is 0.311. The van der Waals surface area contributed by atoms with Crippen molar-refractivity contribution >= 4 is 43.8 Å². The van der Waals surface area contributed by atoms with Crippen molar-refractivity contribution in [2.24, 2.45) is 5.14 Å². The second kappa shape index (κ2) is 8.94. The maximum Gasteiger partial charge on any atom is 0.259 e. The van der Waals surface area contributed by atoms with Crippen LogP contribution in [-0.4, -0.2) is 23.4 Å². The molecule has 2 N–H and O–H groups in total. The van der Waals surface area contributed by atoms with Crippen molar-refractivity contribution < 1.29 is 22.0 Å². The third-order valence-electron chi connectivity index (χ3n) is 5.81. The van der Waals surface area contributed by atoms with Crippen molar-refractivity contribution in [2.75, 3.05) is 0 Å². The molecule has 0 aliphatic rings. The lowest BCUT2D eigenvalue weighted by Crippen LogP contribution is -2.17. The number of ether oxygens (including phenoxy) is 1. The van der Waals surface area contributed by atoms with Gasteiger partial charge in [-0.3, -0.25) is 4.79 Å². The number of nitrogens with zero attached hydrogens (tertiary/aromatic N) is 3. The standard InChI is InChI=1S/C25H21ClN4O6S/c1-11-7-16(13(3)34-18-5-6-20(26)30-25(18)37(27,32)33)23-17(8-11)21(31)12(2)22(36-23)15-9-19-24(28-10-15)29-14(4)35-19/h5-10,13H,1-4H3,(H2,27,32,33)/t13-/m1/s1. The summed E-state index contributed by atoms with van der Waals surface area (Å²) in [7, 11) is -4.22. The number of rotatable bonds is 5. The SMILES string of the molecule is Cc1cc([C@@H](C)Oc2ccc(Cl)nc2S(N)(=O)=O)c2oc(-c3cnc4nc(C)oc4c3)c(C)c(=O)c2c1. The predicted octanol–water partition coefficient (Wildman–Crippen LogP) is 4.76. The van der Waals surface area contributed by atoms with Gasteiger partial charge in [0.25, 0.3) is 10.0 Å². The van der Waals surface area contributed by atoms with E-state index in [0.29, 0.717) is 45.0 Å². The molecular formula is C25H21ClN4O6S. The largest absolute Gasteiger partial charge is 0.483 e. The summed E-state index contributed by atoms with van der Waals surface area (Å²) in [5.74, 6) is 0.700. The molecule has 0 saturated heterocycles. The van der Waals surface area contributed by atoms with Crippen molar-refractivity contribution in [1.82, 2.24) is 15.0 Å². The molecule has 37 heavy (non-hydrogen) atoms. The Labute approximate surface area is 216 Å². The molecule has 1 aromatic carbocycles. The van der Waals surface area contributed by atoms with Crippen molar-refractivity contribution in [3.05, 3.63) is 74.5 Å². The van der Waals surface area contributed by atoms with E-state index in [1.165, 1.54) is 12.1 Å². The minimum Gasteiger partial charge on any atom is -0.483 e. The highest BCUT2D eigenvalue weighted by molar-refractivity contribution is 7.89. The molecule has 0 bridgehead atoms. The Morgan fingerprint density at radius 3 is 2.57 bits per heavy atom. The average Bonchev–Trinajstić information content (AvgIpc) is 3.20. The number of primary sulfonamides is 1.